The number of rotatable bonds is 6. The molecule has 0 fully saturated rings. The molecule has 1 heterocycles. The van der Waals surface area contributed by atoms with Crippen molar-refractivity contribution in [2.45, 2.75) is 17.2 Å². The lowest BCUT2D eigenvalue weighted by Gasteiger charge is -2.04. The highest BCUT2D eigenvalue weighted by molar-refractivity contribution is 9.10. The largest absolute Gasteiger partial charge is 0.455 e. The Bertz CT molecular complexity index is 938. The van der Waals surface area contributed by atoms with Gasteiger partial charge >= 0.3 is 0 Å². The van der Waals surface area contributed by atoms with Gasteiger partial charge in [-0.15, -0.1) is 0 Å². The Morgan fingerprint density at radius 2 is 1.77 bits per heavy atom. The second kappa shape index (κ2) is 8.79. The van der Waals surface area contributed by atoms with Crippen molar-refractivity contribution in [3.8, 4) is 0 Å². The van der Waals surface area contributed by atoms with Crippen molar-refractivity contribution in [1.82, 2.24) is 5.32 Å². The average molecular weight is 497 g/mol. The van der Waals surface area contributed by atoms with E-state index in [-0.39, 0.29) is 17.4 Å². The summed E-state index contributed by atoms with van der Waals surface area (Å²) in [7, 11) is -1.23. The minimum Gasteiger partial charge on any atom is -0.455 e. The van der Waals surface area contributed by atoms with E-state index in [1.807, 2.05) is 36.4 Å². The maximum absolute atomic E-state index is 12.4. The molecule has 0 unspecified atom stereocenters. The van der Waals surface area contributed by atoms with Crippen LogP contribution in [-0.4, -0.2) is 10.1 Å². The fourth-order valence-corrected chi connectivity index (χ4v) is 4.02. The predicted molar refractivity (Wildman–Crippen MR) is 108 cm³/mol. The van der Waals surface area contributed by atoms with Crippen LogP contribution in [0, 0.1) is 0 Å². The molecule has 1 N–H and O–H groups in total. The lowest BCUT2D eigenvalue weighted by atomic mass is 10.2. The summed E-state index contributed by atoms with van der Waals surface area (Å²) in [5.41, 5.74) is 0.982. The summed E-state index contributed by atoms with van der Waals surface area (Å²) in [6, 6.07) is 18.3. The van der Waals surface area contributed by atoms with Gasteiger partial charge in [0.25, 0.3) is 5.91 Å². The zero-order chi connectivity index (χ0) is 18.5. The minimum absolute atomic E-state index is 0.211. The smallest absolute Gasteiger partial charge is 0.287 e. The molecule has 0 saturated carbocycles. The van der Waals surface area contributed by atoms with Crippen molar-refractivity contribution < 1.29 is 13.4 Å². The van der Waals surface area contributed by atoms with Gasteiger partial charge in [0.15, 0.2) is 5.76 Å². The molecule has 3 rings (SSSR count). The Hall–Kier alpha value is -1.70. The van der Waals surface area contributed by atoms with Crippen molar-refractivity contribution in [3.63, 3.8) is 0 Å². The van der Waals surface area contributed by atoms with Gasteiger partial charge in [0.1, 0.15) is 5.76 Å². The van der Waals surface area contributed by atoms with Crippen LogP contribution in [0.4, 0.5) is 0 Å². The highest BCUT2D eigenvalue weighted by Crippen LogP contribution is 2.18. The van der Waals surface area contributed by atoms with E-state index in [4.69, 9.17) is 4.42 Å². The standard InChI is InChI=1S/C19H15Br2NO3S/c20-14-4-7-17(8-5-14)26(24)12-16-6-9-18(25-16)19(23)22-11-13-2-1-3-15(21)10-13/h1-10H,11-12H2,(H,22,23)/t26-/m1/s1. The lowest BCUT2D eigenvalue weighted by Crippen LogP contribution is -2.22. The van der Waals surface area contributed by atoms with Crippen LogP contribution in [0.2, 0.25) is 0 Å². The predicted octanol–water partition coefficient (Wildman–Crippen LogP) is 5.04. The van der Waals surface area contributed by atoms with Crippen LogP contribution in [0.15, 0.2) is 78.9 Å². The highest BCUT2D eigenvalue weighted by atomic mass is 79.9. The zero-order valence-corrected chi connectivity index (χ0v) is 17.6. The Kier molecular flexibility index (Phi) is 6.45. The molecule has 0 aliphatic heterocycles. The summed E-state index contributed by atoms with van der Waals surface area (Å²) < 4.78 is 19.8. The normalized spacial score (nSPS) is 11.9. The summed E-state index contributed by atoms with van der Waals surface area (Å²) >= 11 is 6.75. The first-order valence-electron chi connectivity index (χ1n) is 7.76. The highest BCUT2D eigenvalue weighted by Gasteiger charge is 2.13. The summed E-state index contributed by atoms with van der Waals surface area (Å²) in [5, 5.41) is 2.81. The Morgan fingerprint density at radius 3 is 2.50 bits per heavy atom. The van der Waals surface area contributed by atoms with E-state index < -0.39 is 10.8 Å². The first-order chi connectivity index (χ1) is 12.5. The number of hydrogen-bond donors (Lipinski definition) is 1. The third-order valence-electron chi connectivity index (χ3n) is 3.58. The summed E-state index contributed by atoms with van der Waals surface area (Å²) in [5.74, 6) is 0.646. The van der Waals surface area contributed by atoms with Gasteiger partial charge in [-0.25, -0.2) is 0 Å². The number of hydrogen-bond acceptors (Lipinski definition) is 3. The summed E-state index contributed by atoms with van der Waals surface area (Å²) in [6.07, 6.45) is 0. The molecule has 26 heavy (non-hydrogen) atoms. The third-order valence-corrected chi connectivity index (χ3v) is 5.94. The van der Waals surface area contributed by atoms with Gasteiger partial charge < -0.3 is 9.73 Å². The van der Waals surface area contributed by atoms with Crippen LogP contribution in [0.3, 0.4) is 0 Å². The van der Waals surface area contributed by atoms with E-state index in [0.29, 0.717) is 17.2 Å². The van der Waals surface area contributed by atoms with Crippen LogP contribution in [0.5, 0.6) is 0 Å². The van der Waals surface area contributed by atoms with Crippen LogP contribution < -0.4 is 5.32 Å². The molecule has 1 amide bonds. The molecule has 1 atom stereocenters. The SMILES string of the molecule is O=C(NCc1cccc(Br)c1)c1ccc(C[S@@](=O)c2ccc(Br)cc2)o1. The third kappa shape index (κ3) is 5.16. The van der Waals surface area contributed by atoms with Crippen LogP contribution in [-0.2, 0) is 23.1 Å². The molecule has 7 heteroatoms. The molecule has 0 saturated heterocycles. The second-order valence-corrected chi connectivity index (χ2v) is 8.80. The van der Waals surface area contributed by atoms with Gasteiger partial charge in [0.05, 0.1) is 16.6 Å². The molecule has 0 aliphatic rings. The maximum Gasteiger partial charge on any atom is 0.287 e. The Labute approximate surface area is 170 Å². The second-order valence-electron chi connectivity index (χ2n) is 5.52. The van der Waals surface area contributed by atoms with Gasteiger partial charge in [-0.1, -0.05) is 44.0 Å². The van der Waals surface area contributed by atoms with Crippen molar-refractivity contribution in [3.05, 3.63) is 86.7 Å². The molecule has 0 spiro atoms. The fraction of sp³-hybridized carbons (Fsp3) is 0.105. The van der Waals surface area contributed by atoms with Gasteiger partial charge in [-0.2, -0.15) is 0 Å². The first-order valence-corrected chi connectivity index (χ1v) is 10.7. The molecule has 134 valence electrons. The zero-order valence-electron chi connectivity index (χ0n) is 13.6. The van der Waals surface area contributed by atoms with Crippen LogP contribution >= 0.6 is 31.9 Å². The van der Waals surface area contributed by atoms with Crippen LogP contribution in [0.25, 0.3) is 0 Å². The Morgan fingerprint density at radius 1 is 1.00 bits per heavy atom. The number of amides is 1. The van der Waals surface area contributed by atoms with E-state index in [9.17, 15) is 9.00 Å². The van der Waals surface area contributed by atoms with Gasteiger partial charge in [0.2, 0.25) is 0 Å². The molecular formula is C19H15Br2NO3S. The first kappa shape index (κ1) is 19.1. The lowest BCUT2D eigenvalue weighted by molar-refractivity contribution is 0.0921. The van der Waals surface area contributed by atoms with Crippen molar-refractivity contribution >= 4 is 48.6 Å². The fourth-order valence-electron chi connectivity index (χ4n) is 2.29. The van der Waals surface area contributed by atoms with E-state index in [2.05, 4.69) is 37.2 Å². The minimum atomic E-state index is -1.23. The molecule has 4 nitrogen and oxygen atoms in total. The topological polar surface area (TPSA) is 59.3 Å². The maximum atomic E-state index is 12.4. The van der Waals surface area contributed by atoms with Gasteiger partial charge in [0, 0.05) is 20.4 Å². The number of halogens is 2. The number of nitrogens with one attached hydrogen (secondary N) is 1. The molecular weight excluding hydrogens is 482 g/mol. The van der Waals surface area contributed by atoms with E-state index in [1.165, 1.54) is 0 Å². The number of carbonyl (C=O) groups excluding carboxylic acids is 1. The van der Waals surface area contributed by atoms with E-state index in [1.54, 1.807) is 24.3 Å². The molecule has 0 radical (unpaired) electrons. The van der Waals surface area contributed by atoms with Gasteiger partial charge in [-0.3, -0.25) is 9.00 Å². The molecule has 0 aliphatic carbocycles. The van der Waals surface area contributed by atoms with Crippen molar-refractivity contribution in [1.29, 1.82) is 0 Å². The van der Waals surface area contributed by atoms with Gasteiger partial charge in [-0.05, 0) is 54.1 Å². The van der Waals surface area contributed by atoms with Crippen molar-refractivity contribution in [2.24, 2.45) is 0 Å². The van der Waals surface area contributed by atoms with Crippen molar-refractivity contribution in [2.75, 3.05) is 0 Å². The van der Waals surface area contributed by atoms with E-state index >= 15 is 0 Å². The monoisotopic (exact) mass is 495 g/mol. The number of furan rings is 1. The molecule has 0 bridgehead atoms. The summed E-state index contributed by atoms with van der Waals surface area (Å²) in [6.45, 7) is 0.402. The number of carbonyl (C=O) groups is 1. The Balaban J connectivity index is 1.59. The molecule has 2 aromatic carbocycles. The molecule has 1 aromatic heterocycles. The summed E-state index contributed by atoms with van der Waals surface area (Å²) in [4.78, 5) is 12.9. The quantitative estimate of drug-likeness (QED) is 0.519. The van der Waals surface area contributed by atoms with Crippen LogP contribution in [0.1, 0.15) is 21.9 Å². The average Bonchev–Trinajstić information content (AvgIpc) is 3.09. The van der Waals surface area contributed by atoms with E-state index in [0.717, 1.165) is 14.5 Å². The molecule has 3 aromatic rings. The number of benzene rings is 2.